The Hall–Kier alpha value is -0.570. The summed E-state index contributed by atoms with van der Waals surface area (Å²) in [5.74, 6) is 0. The first-order valence-electron chi connectivity index (χ1n) is 5.77. The molecule has 0 radical (unpaired) electrons. The molecule has 0 heterocycles. The van der Waals surface area contributed by atoms with Crippen molar-refractivity contribution in [3.05, 3.63) is 35.9 Å². The summed E-state index contributed by atoms with van der Waals surface area (Å²) < 4.78 is 5.19. The molecule has 1 aromatic rings. The van der Waals surface area contributed by atoms with Gasteiger partial charge >= 0.3 is 0 Å². The standard InChI is InChI=1S/C9H11ClO.C4H11N/c1-2-11-9(10)8-6-4-3-5-7-8;1-3-5-4-2/h3-7,9H,2H2,1H3;5H,3-4H2,1-2H3. The first kappa shape index (κ1) is 15.4. The van der Waals surface area contributed by atoms with Gasteiger partial charge in [0.2, 0.25) is 0 Å². The predicted octanol–water partition coefficient (Wildman–Crippen LogP) is 3.58. The summed E-state index contributed by atoms with van der Waals surface area (Å²) in [4.78, 5) is 0. The molecule has 0 aromatic heterocycles. The summed E-state index contributed by atoms with van der Waals surface area (Å²) in [6.07, 6.45) is 0. The van der Waals surface area contributed by atoms with Crippen LogP contribution in [0, 0.1) is 0 Å². The molecule has 0 aliphatic rings. The van der Waals surface area contributed by atoms with Crippen molar-refractivity contribution in [1.82, 2.24) is 5.32 Å². The van der Waals surface area contributed by atoms with Crippen molar-refractivity contribution < 1.29 is 4.74 Å². The molecule has 0 aliphatic carbocycles. The molecule has 1 N–H and O–H groups in total. The number of ether oxygens (including phenoxy) is 1. The largest absolute Gasteiger partial charge is 0.359 e. The second kappa shape index (κ2) is 10.9. The molecule has 1 rings (SSSR count). The van der Waals surface area contributed by atoms with Crippen molar-refractivity contribution in [1.29, 1.82) is 0 Å². The molecule has 16 heavy (non-hydrogen) atoms. The Morgan fingerprint density at radius 1 is 1.12 bits per heavy atom. The Morgan fingerprint density at radius 3 is 2.06 bits per heavy atom. The van der Waals surface area contributed by atoms with Crippen LogP contribution in [-0.4, -0.2) is 19.7 Å². The third-order valence-corrected chi connectivity index (χ3v) is 2.25. The van der Waals surface area contributed by atoms with E-state index in [0.717, 1.165) is 18.7 Å². The van der Waals surface area contributed by atoms with Crippen LogP contribution >= 0.6 is 11.6 Å². The lowest BCUT2D eigenvalue weighted by Gasteiger charge is -2.08. The van der Waals surface area contributed by atoms with Crippen LogP contribution in [0.4, 0.5) is 0 Å². The van der Waals surface area contributed by atoms with Crippen LogP contribution in [0.25, 0.3) is 0 Å². The maximum atomic E-state index is 5.88. The molecule has 1 unspecified atom stereocenters. The van der Waals surface area contributed by atoms with Crippen molar-refractivity contribution in [2.75, 3.05) is 19.7 Å². The van der Waals surface area contributed by atoms with Crippen LogP contribution < -0.4 is 5.32 Å². The van der Waals surface area contributed by atoms with Crippen LogP contribution in [-0.2, 0) is 4.74 Å². The lowest BCUT2D eigenvalue weighted by atomic mass is 10.2. The van der Waals surface area contributed by atoms with Crippen LogP contribution in [0.2, 0.25) is 0 Å². The molecule has 1 atom stereocenters. The van der Waals surface area contributed by atoms with Gasteiger partial charge in [0, 0.05) is 6.61 Å². The highest BCUT2D eigenvalue weighted by Gasteiger charge is 2.04. The summed E-state index contributed by atoms with van der Waals surface area (Å²) >= 11 is 5.88. The molecular weight excluding hydrogens is 222 g/mol. The monoisotopic (exact) mass is 243 g/mol. The van der Waals surface area contributed by atoms with E-state index in [0.29, 0.717) is 6.61 Å². The van der Waals surface area contributed by atoms with Crippen molar-refractivity contribution in [2.24, 2.45) is 0 Å². The second-order valence-electron chi connectivity index (χ2n) is 3.14. The van der Waals surface area contributed by atoms with E-state index in [-0.39, 0.29) is 5.56 Å². The van der Waals surface area contributed by atoms with Crippen molar-refractivity contribution >= 4 is 11.6 Å². The van der Waals surface area contributed by atoms with Crippen LogP contribution in [0.5, 0.6) is 0 Å². The van der Waals surface area contributed by atoms with E-state index >= 15 is 0 Å². The van der Waals surface area contributed by atoms with Gasteiger partial charge < -0.3 is 10.1 Å². The maximum Gasteiger partial charge on any atom is 0.156 e. The molecule has 3 heteroatoms. The first-order valence-corrected chi connectivity index (χ1v) is 6.21. The van der Waals surface area contributed by atoms with Gasteiger partial charge in [0.15, 0.2) is 5.56 Å². The minimum Gasteiger partial charge on any atom is -0.359 e. The third kappa shape index (κ3) is 7.69. The van der Waals surface area contributed by atoms with Crippen LogP contribution in [0.15, 0.2) is 30.3 Å². The van der Waals surface area contributed by atoms with Gasteiger partial charge in [-0.2, -0.15) is 0 Å². The zero-order valence-corrected chi connectivity index (χ0v) is 11.1. The predicted molar refractivity (Wildman–Crippen MR) is 70.9 cm³/mol. The molecule has 1 aromatic carbocycles. The van der Waals surface area contributed by atoms with E-state index in [1.165, 1.54) is 0 Å². The van der Waals surface area contributed by atoms with E-state index in [1.807, 2.05) is 37.3 Å². The maximum absolute atomic E-state index is 5.88. The minimum atomic E-state index is -0.304. The number of nitrogens with one attached hydrogen (secondary N) is 1. The summed E-state index contributed by atoms with van der Waals surface area (Å²) in [7, 11) is 0. The van der Waals surface area contributed by atoms with E-state index < -0.39 is 0 Å². The Kier molecular flexibility index (Phi) is 10.5. The lowest BCUT2D eigenvalue weighted by Crippen LogP contribution is -2.09. The number of benzene rings is 1. The molecule has 0 fully saturated rings. The van der Waals surface area contributed by atoms with Crippen LogP contribution in [0.3, 0.4) is 0 Å². The Balaban J connectivity index is 0.000000385. The molecule has 0 aliphatic heterocycles. The van der Waals surface area contributed by atoms with Gasteiger partial charge in [-0.25, -0.2) is 0 Å². The number of hydrogen-bond acceptors (Lipinski definition) is 2. The fourth-order valence-corrected chi connectivity index (χ4v) is 1.37. The summed E-state index contributed by atoms with van der Waals surface area (Å²) in [6, 6.07) is 9.76. The zero-order valence-electron chi connectivity index (χ0n) is 10.4. The summed E-state index contributed by atoms with van der Waals surface area (Å²) in [6.45, 7) is 8.96. The fourth-order valence-electron chi connectivity index (χ4n) is 1.10. The average molecular weight is 244 g/mol. The van der Waals surface area contributed by atoms with E-state index in [4.69, 9.17) is 16.3 Å². The molecule has 0 amide bonds. The number of hydrogen-bond donors (Lipinski definition) is 1. The van der Waals surface area contributed by atoms with Crippen molar-refractivity contribution in [2.45, 2.75) is 26.3 Å². The second-order valence-corrected chi connectivity index (χ2v) is 3.54. The van der Waals surface area contributed by atoms with Gasteiger partial charge in [-0.1, -0.05) is 55.8 Å². The highest BCUT2D eigenvalue weighted by Crippen LogP contribution is 2.20. The smallest absolute Gasteiger partial charge is 0.156 e. The van der Waals surface area contributed by atoms with Gasteiger partial charge in [0.05, 0.1) is 0 Å². The van der Waals surface area contributed by atoms with E-state index in [1.54, 1.807) is 0 Å². The Bertz CT molecular complexity index is 239. The minimum absolute atomic E-state index is 0.304. The molecule has 0 saturated heterocycles. The number of rotatable bonds is 5. The van der Waals surface area contributed by atoms with E-state index in [2.05, 4.69) is 19.2 Å². The Labute approximate surface area is 104 Å². The molecular formula is C13H22ClNO. The number of halogens is 1. The summed E-state index contributed by atoms with van der Waals surface area (Å²) in [5.41, 5.74) is 0.706. The fraction of sp³-hybridized carbons (Fsp3) is 0.538. The van der Waals surface area contributed by atoms with Crippen molar-refractivity contribution in [3.8, 4) is 0 Å². The SMILES string of the molecule is CCNCC.CCOC(Cl)c1ccccc1. The lowest BCUT2D eigenvalue weighted by molar-refractivity contribution is 0.121. The highest BCUT2D eigenvalue weighted by molar-refractivity contribution is 6.19. The number of alkyl halides is 1. The molecule has 0 spiro atoms. The Morgan fingerprint density at radius 2 is 1.69 bits per heavy atom. The normalized spacial score (nSPS) is 11.5. The molecule has 2 nitrogen and oxygen atoms in total. The zero-order chi connectivity index (χ0) is 12.2. The van der Waals surface area contributed by atoms with Crippen LogP contribution in [0.1, 0.15) is 31.9 Å². The molecule has 0 bridgehead atoms. The molecule has 92 valence electrons. The summed E-state index contributed by atoms with van der Waals surface area (Å²) in [5, 5.41) is 3.11. The van der Waals surface area contributed by atoms with Crippen molar-refractivity contribution in [3.63, 3.8) is 0 Å². The van der Waals surface area contributed by atoms with E-state index in [9.17, 15) is 0 Å². The van der Waals surface area contributed by atoms with Gasteiger partial charge in [-0.3, -0.25) is 0 Å². The third-order valence-electron chi connectivity index (χ3n) is 1.87. The highest BCUT2D eigenvalue weighted by atomic mass is 35.5. The van der Waals surface area contributed by atoms with Gasteiger partial charge in [-0.15, -0.1) is 0 Å². The van der Waals surface area contributed by atoms with Gasteiger partial charge in [-0.05, 0) is 25.6 Å². The van der Waals surface area contributed by atoms with Gasteiger partial charge in [0.1, 0.15) is 0 Å². The molecule has 0 saturated carbocycles. The van der Waals surface area contributed by atoms with Gasteiger partial charge in [0.25, 0.3) is 0 Å². The first-order chi connectivity index (χ1) is 7.76. The quantitative estimate of drug-likeness (QED) is 0.799. The topological polar surface area (TPSA) is 21.3 Å². The average Bonchev–Trinajstić information content (AvgIpc) is 2.32.